The second-order valence-corrected chi connectivity index (χ2v) is 3.63. The number of benzene rings is 1. The van der Waals surface area contributed by atoms with Gasteiger partial charge < -0.3 is 0 Å². The topological polar surface area (TPSA) is 36.7 Å². The van der Waals surface area contributed by atoms with Gasteiger partial charge in [0.25, 0.3) is 0 Å². The molecule has 4 heteroatoms. The molecule has 0 atom stereocenters. The normalized spacial score (nSPS) is 10.1. The number of rotatable bonds is 0. The van der Waals surface area contributed by atoms with Gasteiger partial charge in [0.15, 0.2) is 0 Å². The number of halogens is 2. The molecule has 0 aliphatic heterocycles. The number of aromatic nitrogens is 1. The minimum absolute atomic E-state index is 0.462. The molecule has 1 aromatic carbocycles. The van der Waals surface area contributed by atoms with Gasteiger partial charge in [0.05, 0.1) is 10.6 Å². The summed E-state index contributed by atoms with van der Waals surface area (Å²) < 4.78 is 0. The van der Waals surface area contributed by atoms with E-state index in [9.17, 15) is 0 Å². The van der Waals surface area contributed by atoms with Gasteiger partial charge in [0, 0.05) is 28.2 Å². The van der Waals surface area contributed by atoms with Crippen molar-refractivity contribution in [3.63, 3.8) is 0 Å². The maximum atomic E-state index is 8.85. The molecule has 0 amide bonds. The standard InChI is InChI=1S/C10H4Cl2N2/c11-8-1-6-4-14-5-7(3-13)10(6)9(12)2-8/h1-2,4-5H. The van der Waals surface area contributed by atoms with Gasteiger partial charge in [0.1, 0.15) is 6.07 Å². The van der Waals surface area contributed by atoms with Crippen LogP contribution in [0, 0.1) is 11.3 Å². The zero-order valence-electron chi connectivity index (χ0n) is 6.96. The third-order valence-corrected chi connectivity index (χ3v) is 2.41. The summed E-state index contributed by atoms with van der Waals surface area (Å²) in [6.45, 7) is 0. The van der Waals surface area contributed by atoms with Gasteiger partial charge in [0.2, 0.25) is 0 Å². The Morgan fingerprint density at radius 1 is 1.21 bits per heavy atom. The Morgan fingerprint density at radius 2 is 2.00 bits per heavy atom. The number of hydrogen-bond acceptors (Lipinski definition) is 2. The zero-order valence-corrected chi connectivity index (χ0v) is 8.47. The summed E-state index contributed by atoms with van der Waals surface area (Å²) in [5, 5.41) is 11.3. The second-order valence-electron chi connectivity index (χ2n) is 2.78. The van der Waals surface area contributed by atoms with Crippen molar-refractivity contribution in [3.05, 3.63) is 40.1 Å². The summed E-state index contributed by atoms with van der Waals surface area (Å²) in [4.78, 5) is 3.93. The van der Waals surface area contributed by atoms with E-state index in [2.05, 4.69) is 4.98 Å². The summed E-state index contributed by atoms with van der Waals surface area (Å²) in [6, 6.07) is 5.39. The molecule has 0 spiro atoms. The minimum atomic E-state index is 0.462. The molecule has 14 heavy (non-hydrogen) atoms. The van der Waals surface area contributed by atoms with Crippen LogP contribution >= 0.6 is 23.2 Å². The van der Waals surface area contributed by atoms with Crippen LogP contribution in [0.1, 0.15) is 5.56 Å². The number of hydrogen-bond donors (Lipinski definition) is 0. The van der Waals surface area contributed by atoms with Crippen LogP contribution in [-0.4, -0.2) is 4.98 Å². The molecular formula is C10H4Cl2N2. The predicted molar refractivity (Wildman–Crippen MR) is 56.5 cm³/mol. The average molecular weight is 223 g/mol. The first-order valence-electron chi connectivity index (χ1n) is 3.85. The van der Waals surface area contributed by atoms with E-state index in [0.29, 0.717) is 21.0 Å². The number of fused-ring (bicyclic) bond motifs is 1. The highest BCUT2D eigenvalue weighted by molar-refractivity contribution is 6.39. The maximum absolute atomic E-state index is 8.85. The summed E-state index contributed by atoms with van der Waals surface area (Å²) >= 11 is 11.8. The fourth-order valence-electron chi connectivity index (χ4n) is 1.32. The van der Waals surface area contributed by atoms with Crippen LogP contribution in [0.25, 0.3) is 10.8 Å². The molecule has 1 heterocycles. The van der Waals surface area contributed by atoms with Crippen LogP contribution < -0.4 is 0 Å². The molecule has 0 aliphatic carbocycles. The smallest absolute Gasteiger partial charge is 0.101 e. The highest BCUT2D eigenvalue weighted by atomic mass is 35.5. The Kier molecular flexibility index (Phi) is 2.28. The van der Waals surface area contributed by atoms with Crippen LogP contribution in [0.5, 0.6) is 0 Å². The van der Waals surface area contributed by atoms with Crippen molar-refractivity contribution in [2.24, 2.45) is 0 Å². The molecule has 2 aromatic rings. The Hall–Kier alpha value is -1.30. The fourth-order valence-corrected chi connectivity index (χ4v) is 1.93. The second kappa shape index (κ2) is 3.45. The first kappa shape index (κ1) is 9.26. The third kappa shape index (κ3) is 1.41. The van der Waals surface area contributed by atoms with Gasteiger partial charge in [-0.25, -0.2) is 0 Å². The van der Waals surface area contributed by atoms with Crippen molar-refractivity contribution < 1.29 is 0 Å². The third-order valence-electron chi connectivity index (χ3n) is 1.89. The van der Waals surface area contributed by atoms with Gasteiger partial charge in [-0.3, -0.25) is 4.98 Å². The largest absolute Gasteiger partial charge is 0.263 e. The van der Waals surface area contributed by atoms with Crippen molar-refractivity contribution in [2.75, 3.05) is 0 Å². The van der Waals surface area contributed by atoms with E-state index in [-0.39, 0.29) is 0 Å². The van der Waals surface area contributed by atoms with Gasteiger partial charge in [-0.2, -0.15) is 5.26 Å². The molecule has 68 valence electrons. The molecular weight excluding hydrogens is 219 g/mol. The minimum Gasteiger partial charge on any atom is -0.263 e. The molecule has 2 nitrogen and oxygen atoms in total. The molecule has 0 bridgehead atoms. The van der Waals surface area contributed by atoms with E-state index in [0.717, 1.165) is 5.39 Å². The molecule has 0 saturated carbocycles. The molecule has 0 saturated heterocycles. The Balaban J connectivity index is 2.96. The van der Waals surface area contributed by atoms with E-state index in [1.165, 1.54) is 6.20 Å². The van der Waals surface area contributed by atoms with Crippen LogP contribution in [0.15, 0.2) is 24.5 Å². The van der Waals surface area contributed by atoms with Crippen molar-refractivity contribution in [1.29, 1.82) is 5.26 Å². The Bertz CT molecular complexity index is 544. The average Bonchev–Trinajstić information content (AvgIpc) is 2.16. The van der Waals surface area contributed by atoms with E-state index < -0.39 is 0 Å². The first-order valence-corrected chi connectivity index (χ1v) is 4.61. The molecule has 2 rings (SSSR count). The lowest BCUT2D eigenvalue weighted by molar-refractivity contribution is 1.34. The van der Waals surface area contributed by atoms with Crippen LogP contribution in [0.3, 0.4) is 0 Å². The van der Waals surface area contributed by atoms with E-state index in [1.807, 2.05) is 6.07 Å². The highest BCUT2D eigenvalue weighted by Crippen LogP contribution is 2.29. The SMILES string of the molecule is N#Cc1cncc2cc(Cl)cc(Cl)c12. The lowest BCUT2D eigenvalue weighted by Crippen LogP contribution is -1.83. The van der Waals surface area contributed by atoms with Crippen molar-refractivity contribution in [3.8, 4) is 6.07 Å². The molecule has 0 aliphatic rings. The van der Waals surface area contributed by atoms with Crippen molar-refractivity contribution >= 4 is 34.0 Å². The predicted octanol–water partition coefficient (Wildman–Crippen LogP) is 3.41. The van der Waals surface area contributed by atoms with Crippen molar-refractivity contribution in [2.45, 2.75) is 0 Å². The zero-order chi connectivity index (χ0) is 10.1. The number of nitriles is 1. The van der Waals surface area contributed by atoms with Gasteiger partial charge in [-0.15, -0.1) is 0 Å². The highest BCUT2D eigenvalue weighted by Gasteiger charge is 2.06. The lowest BCUT2D eigenvalue weighted by Gasteiger charge is -2.02. The first-order chi connectivity index (χ1) is 6.72. The maximum Gasteiger partial charge on any atom is 0.101 e. The summed E-state index contributed by atoms with van der Waals surface area (Å²) in [5.41, 5.74) is 0.462. The van der Waals surface area contributed by atoms with E-state index in [1.54, 1.807) is 18.3 Å². The van der Waals surface area contributed by atoms with Crippen LogP contribution in [0.2, 0.25) is 10.0 Å². The lowest BCUT2D eigenvalue weighted by atomic mass is 10.1. The van der Waals surface area contributed by atoms with Crippen LogP contribution in [-0.2, 0) is 0 Å². The monoisotopic (exact) mass is 222 g/mol. The van der Waals surface area contributed by atoms with E-state index in [4.69, 9.17) is 28.5 Å². The van der Waals surface area contributed by atoms with Crippen molar-refractivity contribution in [1.82, 2.24) is 4.98 Å². The van der Waals surface area contributed by atoms with Gasteiger partial charge in [-0.1, -0.05) is 23.2 Å². The summed E-state index contributed by atoms with van der Waals surface area (Å²) in [6.07, 6.45) is 3.12. The Morgan fingerprint density at radius 3 is 2.71 bits per heavy atom. The molecule has 1 aromatic heterocycles. The molecule has 0 radical (unpaired) electrons. The van der Waals surface area contributed by atoms with E-state index >= 15 is 0 Å². The molecule has 0 unspecified atom stereocenters. The molecule has 0 fully saturated rings. The fraction of sp³-hybridized carbons (Fsp3) is 0. The number of pyridine rings is 1. The Labute approximate surface area is 90.7 Å². The number of nitrogens with zero attached hydrogens (tertiary/aromatic N) is 2. The quantitative estimate of drug-likeness (QED) is 0.686. The summed E-state index contributed by atoms with van der Waals surface area (Å²) in [5.74, 6) is 0. The summed E-state index contributed by atoms with van der Waals surface area (Å²) in [7, 11) is 0. The molecule has 0 N–H and O–H groups in total. The van der Waals surface area contributed by atoms with Gasteiger partial charge in [-0.05, 0) is 12.1 Å². The van der Waals surface area contributed by atoms with Crippen LogP contribution in [0.4, 0.5) is 0 Å². The van der Waals surface area contributed by atoms with Gasteiger partial charge >= 0.3 is 0 Å².